The fraction of sp³-hybridized carbons (Fsp3) is 0.200. The minimum atomic E-state index is -0.155. The van der Waals surface area contributed by atoms with Crippen molar-refractivity contribution >= 4 is 45.7 Å². The normalized spacial score (nSPS) is 10.4. The maximum atomic E-state index is 12.1. The first-order valence-corrected chi connectivity index (χ1v) is 10.8. The number of ether oxygens (including phenoxy) is 1. The highest BCUT2D eigenvalue weighted by atomic mass is 32.2. The molecule has 0 saturated carbocycles. The Labute approximate surface area is 176 Å². The summed E-state index contributed by atoms with van der Waals surface area (Å²) in [6.45, 7) is 2.51. The predicted octanol–water partition coefficient (Wildman–Crippen LogP) is 3.85. The first-order valence-electron chi connectivity index (χ1n) is 8.95. The second kappa shape index (κ2) is 10.6. The summed E-state index contributed by atoms with van der Waals surface area (Å²) >= 11 is 2.51. The highest BCUT2D eigenvalue weighted by Crippen LogP contribution is 2.26. The molecule has 1 heterocycles. The monoisotopic (exact) mass is 428 g/mol. The molecule has 2 N–H and O–H groups in total. The van der Waals surface area contributed by atoms with Gasteiger partial charge in [0.2, 0.25) is 16.9 Å². The third kappa shape index (κ3) is 6.88. The van der Waals surface area contributed by atoms with Gasteiger partial charge in [-0.2, -0.15) is 0 Å². The highest BCUT2D eigenvalue weighted by Gasteiger charge is 2.11. The molecule has 7 nitrogen and oxygen atoms in total. The lowest BCUT2D eigenvalue weighted by Crippen LogP contribution is -2.14. The van der Waals surface area contributed by atoms with E-state index in [2.05, 4.69) is 20.8 Å². The highest BCUT2D eigenvalue weighted by molar-refractivity contribution is 8.01. The molecule has 0 aliphatic heterocycles. The van der Waals surface area contributed by atoms with Crippen molar-refractivity contribution in [3.63, 3.8) is 0 Å². The molecule has 0 radical (unpaired) electrons. The number of benzene rings is 2. The van der Waals surface area contributed by atoms with Crippen molar-refractivity contribution < 1.29 is 14.3 Å². The van der Waals surface area contributed by atoms with Crippen molar-refractivity contribution in [3.8, 4) is 5.75 Å². The molecule has 1 aromatic heterocycles. The van der Waals surface area contributed by atoms with Gasteiger partial charge in [0.1, 0.15) is 5.75 Å². The van der Waals surface area contributed by atoms with E-state index in [4.69, 9.17) is 4.74 Å². The van der Waals surface area contributed by atoms with Crippen molar-refractivity contribution in [2.75, 3.05) is 23.0 Å². The molecule has 0 saturated heterocycles. The van der Waals surface area contributed by atoms with Crippen LogP contribution in [0.2, 0.25) is 0 Å². The Kier molecular flexibility index (Phi) is 7.60. The topological polar surface area (TPSA) is 93.2 Å². The molecule has 0 spiro atoms. The van der Waals surface area contributed by atoms with Crippen molar-refractivity contribution in [1.82, 2.24) is 10.2 Å². The van der Waals surface area contributed by atoms with Crippen molar-refractivity contribution in [3.05, 3.63) is 60.2 Å². The van der Waals surface area contributed by atoms with Gasteiger partial charge < -0.3 is 15.4 Å². The van der Waals surface area contributed by atoms with Gasteiger partial charge in [0, 0.05) is 5.69 Å². The molecule has 0 bridgehead atoms. The van der Waals surface area contributed by atoms with Crippen LogP contribution in [0.15, 0.2) is 58.9 Å². The number of nitrogens with one attached hydrogen (secondary N) is 2. The Morgan fingerprint density at radius 2 is 1.76 bits per heavy atom. The summed E-state index contributed by atoms with van der Waals surface area (Å²) in [5.41, 5.74) is 1.63. The summed E-state index contributed by atoms with van der Waals surface area (Å²) in [6, 6.07) is 16.7. The summed E-state index contributed by atoms with van der Waals surface area (Å²) in [5.74, 6) is 0.650. The first kappa shape index (κ1) is 20.8. The number of rotatable bonds is 9. The third-order valence-corrected chi connectivity index (χ3v) is 5.61. The van der Waals surface area contributed by atoms with Crippen LogP contribution in [0.3, 0.4) is 0 Å². The largest absolute Gasteiger partial charge is 0.494 e. The van der Waals surface area contributed by atoms with Crippen LogP contribution < -0.4 is 15.4 Å². The fourth-order valence-electron chi connectivity index (χ4n) is 2.39. The molecule has 3 rings (SSSR count). The minimum Gasteiger partial charge on any atom is -0.494 e. The number of anilines is 2. The van der Waals surface area contributed by atoms with E-state index in [9.17, 15) is 9.59 Å². The van der Waals surface area contributed by atoms with Gasteiger partial charge in [0.15, 0.2) is 4.34 Å². The Hall–Kier alpha value is -2.91. The van der Waals surface area contributed by atoms with Crippen molar-refractivity contribution in [1.29, 1.82) is 0 Å². The third-order valence-electron chi connectivity index (χ3n) is 3.64. The van der Waals surface area contributed by atoms with Crippen LogP contribution in [0, 0.1) is 0 Å². The molecule has 29 heavy (non-hydrogen) atoms. The molecule has 2 aromatic carbocycles. The molecular weight excluding hydrogens is 408 g/mol. The van der Waals surface area contributed by atoms with Gasteiger partial charge in [0.05, 0.1) is 18.8 Å². The predicted molar refractivity (Wildman–Crippen MR) is 116 cm³/mol. The molecule has 9 heteroatoms. The van der Waals surface area contributed by atoms with Crippen LogP contribution in [0.4, 0.5) is 10.8 Å². The van der Waals surface area contributed by atoms with E-state index in [0.29, 0.717) is 21.8 Å². The second-order valence-electron chi connectivity index (χ2n) is 5.88. The zero-order chi connectivity index (χ0) is 20.5. The molecule has 0 unspecified atom stereocenters. The number of hydrogen-bond donors (Lipinski definition) is 2. The summed E-state index contributed by atoms with van der Waals surface area (Å²) in [5, 5.41) is 13.9. The molecule has 150 valence electrons. The SMILES string of the molecule is CCOc1ccc(NC(=O)CSc2nnc(NC(=O)Cc3ccccc3)s2)cc1. The quantitative estimate of drug-likeness (QED) is 0.397. The lowest BCUT2D eigenvalue weighted by molar-refractivity contribution is -0.115. The Bertz CT molecular complexity index is 946. The van der Waals surface area contributed by atoms with Gasteiger partial charge in [0.25, 0.3) is 0 Å². The van der Waals surface area contributed by atoms with E-state index >= 15 is 0 Å². The van der Waals surface area contributed by atoms with Crippen LogP contribution in [0.5, 0.6) is 5.75 Å². The average Bonchev–Trinajstić information content (AvgIpc) is 3.16. The smallest absolute Gasteiger partial charge is 0.234 e. The van der Waals surface area contributed by atoms with E-state index in [1.165, 1.54) is 23.1 Å². The molecule has 0 aliphatic rings. The Balaban J connectivity index is 1.43. The van der Waals surface area contributed by atoms with Gasteiger partial charge in [-0.1, -0.05) is 53.4 Å². The maximum absolute atomic E-state index is 12.1. The van der Waals surface area contributed by atoms with Gasteiger partial charge in [-0.05, 0) is 36.8 Å². The maximum Gasteiger partial charge on any atom is 0.234 e. The number of nitrogens with zero attached hydrogens (tertiary/aromatic N) is 2. The molecule has 0 aliphatic carbocycles. The lowest BCUT2D eigenvalue weighted by atomic mass is 10.1. The summed E-state index contributed by atoms with van der Waals surface area (Å²) in [4.78, 5) is 24.2. The summed E-state index contributed by atoms with van der Waals surface area (Å²) < 4.78 is 5.99. The average molecular weight is 429 g/mol. The van der Waals surface area contributed by atoms with E-state index < -0.39 is 0 Å². The number of carbonyl (C=O) groups excluding carboxylic acids is 2. The number of carbonyl (C=O) groups is 2. The van der Waals surface area contributed by atoms with Gasteiger partial charge in [-0.3, -0.25) is 9.59 Å². The molecule has 3 aromatic rings. The zero-order valence-electron chi connectivity index (χ0n) is 15.8. The van der Waals surface area contributed by atoms with E-state index in [1.54, 1.807) is 24.3 Å². The van der Waals surface area contributed by atoms with Crippen LogP contribution in [0.25, 0.3) is 0 Å². The standard InChI is InChI=1S/C20H20N4O3S2/c1-2-27-16-10-8-15(9-11-16)21-18(26)13-28-20-24-23-19(29-20)22-17(25)12-14-6-4-3-5-7-14/h3-11H,2,12-13H2,1H3,(H,21,26)(H,22,23,25). The molecule has 2 amide bonds. The van der Waals surface area contributed by atoms with Crippen LogP contribution in [-0.2, 0) is 16.0 Å². The Morgan fingerprint density at radius 1 is 1.00 bits per heavy atom. The van der Waals surface area contributed by atoms with Crippen molar-refractivity contribution in [2.24, 2.45) is 0 Å². The first-order chi connectivity index (χ1) is 14.1. The molecular formula is C20H20N4O3S2. The van der Waals surface area contributed by atoms with Crippen LogP contribution in [-0.4, -0.2) is 34.4 Å². The lowest BCUT2D eigenvalue weighted by Gasteiger charge is -2.06. The van der Waals surface area contributed by atoms with Gasteiger partial charge in [-0.15, -0.1) is 10.2 Å². The van der Waals surface area contributed by atoms with E-state index in [0.717, 1.165) is 11.3 Å². The van der Waals surface area contributed by atoms with Crippen LogP contribution >= 0.6 is 23.1 Å². The summed E-state index contributed by atoms with van der Waals surface area (Å²) in [7, 11) is 0. The van der Waals surface area contributed by atoms with Crippen LogP contribution in [0.1, 0.15) is 12.5 Å². The number of aromatic nitrogens is 2. The number of thioether (sulfide) groups is 1. The Morgan fingerprint density at radius 3 is 2.48 bits per heavy atom. The second-order valence-corrected chi connectivity index (χ2v) is 8.08. The van der Waals surface area contributed by atoms with Gasteiger partial charge in [-0.25, -0.2) is 0 Å². The molecule has 0 fully saturated rings. The van der Waals surface area contributed by atoms with E-state index in [1.807, 2.05) is 37.3 Å². The summed E-state index contributed by atoms with van der Waals surface area (Å²) in [6.07, 6.45) is 0.271. The van der Waals surface area contributed by atoms with Gasteiger partial charge >= 0.3 is 0 Å². The van der Waals surface area contributed by atoms with Crippen molar-refractivity contribution in [2.45, 2.75) is 17.7 Å². The fourth-order valence-corrected chi connectivity index (χ4v) is 3.96. The number of hydrogen-bond acceptors (Lipinski definition) is 7. The minimum absolute atomic E-state index is 0.149. The zero-order valence-corrected chi connectivity index (χ0v) is 17.4. The molecule has 0 atom stereocenters. The van der Waals surface area contributed by atoms with E-state index in [-0.39, 0.29) is 24.0 Å². The number of amides is 2.